The highest BCUT2D eigenvalue weighted by molar-refractivity contribution is 5.80. The van der Waals surface area contributed by atoms with Crippen molar-refractivity contribution in [2.45, 2.75) is 50.7 Å². The molecule has 5 nitrogen and oxygen atoms in total. The van der Waals surface area contributed by atoms with Crippen molar-refractivity contribution in [3.8, 4) is 5.75 Å². The van der Waals surface area contributed by atoms with Crippen molar-refractivity contribution in [2.75, 3.05) is 39.4 Å². The van der Waals surface area contributed by atoms with Gasteiger partial charge >= 0.3 is 6.61 Å². The smallest absolute Gasteiger partial charge is 0.387 e. The Labute approximate surface area is 180 Å². The van der Waals surface area contributed by atoms with E-state index in [-0.39, 0.29) is 28.9 Å². The normalized spacial score (nSPS) is 26.8. The maximum atomic E-state index is 13.5. The molecule has 0 aromatic heterocycles. The Kier molecular flexibility index (Phi) is 5.63. The number of hydrogen-bond donors (Lipinski definition) is 0. The van der Waals surface area contributed by atoms with Crippen LogP contribution in [-0.4, -0.2) is 67.8 Å². The predicted molar refractivity (Wildman–Crippen MR) is 108 cm³/mol. The predicted octanol–water partition coefficient (Wildman–Crippen LogP) is 3.63. The first kappa shape index (κ1) is 21.1. The van der Waals surface area contributed by atoms with Crippen LogP contribution in [0.25, 0.3) is 0 Å². The second-order valence-corrected chi connectivity index (χ2v) is 9.70. The molecule has 1 atom stereocenters. The third-order valence-corrected chi connectivity index (χ3v) is 7.71. The Morgan fingerprint density at radius 2 is 1.90 bits per heavy atom. The van der Waals surface area contributed by atoms with Crippen LogP contribution in [0.2, 0.25) is 0 Å². The third-order valence-electron chi connectivity index (χ3n) is 7.71. The lowest BCUT2D eigenvalue weighted by molar-refractivity contribution is -0.161. The molecule has 1 amide bonds. The number of piperidine rings is 1. The summed E-state index contributed by atoms with van der Waals surface area (Å²) < 4.78 is 48.7. The summed E-state index contributed by atoms with van der Waals surface area (Å²) >= 11 is 0. The quantitative estimate of drug-likeness (QED) is 0.704. The molecule has 3 heterocycles. The highest BCUT2D eigenvalue weighted by atomic mass is 19.3. The number of nitrogens with zero attached hydrogens (tertiary/aromatic N) is 2. The van der Waals surface area contributed by atoms with Gasteiger partial charge in [-0.1, -0.05) is 6.07 Å². The zero-order valence-corrected chi connectivity index (χ0v) is 17.6. The number of amides is 1. The Balaban J connectivity index is 1.14. The molecule has 0 radical (unpaired) electrons. The fraction of sp³-hybridized carbons (Fsp3) is 0.696. The van der Waals surface area contributed by atoms with E-state index in [9.17, 15) is 18.0 Å². The summed E-state index contributed by atoms with van der Waals surface area (Å²) in [6.07, 6.45) is 5.13. The average Bonchev–Trinajstić information content (AvgIpc) is 3.11. The molecule has 0 N–H and O–H groups in total. The second-order valence-electron chi connectivity index (χ2n) is 9.70. The lowest BCUT2D eigenvalue weighted by Gasteiger charge is -2.50. The average molecular weight is 438 g/mol. The van der Waals surface area contributed by atoms with Crippen molar-refractivity contribution in [1.82, 2.24) is 9.80 Å². The van der Waals surface area contributed by atoms with E-state index >= 15 is 0 Å². The molecule has 3 saturated heterocycles. The van der Waals surface area contributed by atoms with Crippen molar-refractivity contribution >= 4 is 5.91 Å². The fourth-order valence-corrected chi connectivity index (χ4v) is 5.95. The number of benzene rings is 1. The maximum Gasteiger partial charge on any atom is 0.387 e. The topological polar surface area (TPSA) is 42.0 Å². The van der Waals surface area contributed by atoms with Gasteiger partial charge in [-0.25, -0.2) is 4.39 Å². The fourth-order valence-electron chi connectivity index (χ4n) is 5.95. The number of carbonyl (C=O) groups is 1. The van der Waals surface area contributed by atoms with E-state index in [1.165, 1.54) is 6.07 Å². The number of likely N-dealkylation sites (tertiary alicyclic amines) is 2. The van der Waals surface area contributed by atoms with E-state index in [1.54, 1.807) is 6.07 Å². The summed E-state index contributed by atoms with van der Waals surface area (Å²) in [5.41, 5.74) is 0.953. The van der Waals surface area contributed by atoms with Crippen molar-refractivity contribution in [3.63, 3.8) is 0 Å². The minimum absolute atomic E-state index is 0.0376. The molecule has 0 bridgehead atoms. The number of carbonyl (C=O) groups excluding carboxylic acids is 1. The molecule has 1 aromatic rings. The van der Waals surface area contributed by atoms with Gasteiger partial charge in [0.05, 0.1) is 19.1 Å². The number of rotatable bonds is 5. The molecule has 1 aliphatic carbocycles. The molecule has 4 aliphatic rings. The lowest BCUT2D eigenvalue weighted by Crippen LogP contribution is -2.61. The maximum absolute atomic E-state index is 13.5. The minimum Gasteiger partial charge on any atom is -0.434 e. The van der Waals surface area contributed by atoms with Crippen LogP contribution in [0.15, 0.2) is 18.2 Å². The summed E-state index contributed by atoms with van der Waals surface area (Å²) in [6, 6.07) is 4.49. The largest absolute Gasteiger partial charge is 0.434 e. The van der Waals surface area contributed by atoms with Crippen molar-refractivity contribution in [3.05, 3.63) is 29.6 Å². The first-order valence-corrected chi connectivity index (χ1v) is 11.3. The van der Waals surface area contributed by atoms with Crippen LogP contribution in [-0.2, 0) is 9.53 Å². The van der Waals surface area contributed by atoms with Gasteiger partial charge in [-0.3, -0.25) is 4.79 Å². The Bertz CT molecular complexity index is 818. The third kappa shape index (κ3) is 4.16. The molecule has 31 heavy (non-hydrogen) atoms. The van der Waals surface area contributed by atoms with Crippen LogP contribution >= 0.6 is 0 Å². The van der Waals surface area contributed by atoms with Crippen LogP contribution in [0, 0.1) is 17.2 Å². The van der Waals surface area contributed by atoms with Gasteiger partial charge in [0.1, 0.15) is 11.6 Å². The molecule has 1 aromatic carbocycles. The Morgan fingerprint density at radius 1 is 1.16 bits per heavy atom. The van der Waals surface area contributed by atoms with Crippen LogP contribution in [0.5, 0.6) is 5.75 Å². The number of hydrogen-bond acceptors (Lipinski definition) is 4. The van der Waals surface area contributed by atoms with Gasteiger partial charge in [-0.15, -0.1) is 0 Å². The highest BCUT2D eigenvalue weighted by Gasteiger charge is 2.52. The molecule has 1 spiro atoms. The second kappa shape index (κ2) is 8.28. The Morgan fingerprint density at radius 3 is 2.55 bits per heavy atom. The first-order valence-electron chi connectivity index (χ1n) is 11.3. The Hall–Kier alpha value is -1.80. The molecule has 1 saturated carbocycles. The summed E-state index contributed by atoms with van der Waals surface area (Å²) in [6.45, 7) is 1.73. The van der Waals surface area contributed by atoms with Gasteiger partial charge in [0.15, 0.2) is 0 Å². The minimum atomic E-state index is -2.96. The molecule has 8 heteroatoms. The number of alkyl halides is 2. The number of ether oxygens (including phenoxy) is 2. The summed E-state index contributed by atoms with van der Waals surface area (Å²) in [5.74, 6) is -0.181. The van der Waals surface area contributed by atoms with Crippen molar-refractivity contribution in [2.24, 2.45) is 11.3 Å². The molecule has 4 fully saturated rings. The van der Waals surface area contributed by atoms with Gasteiger partial charge in [0.25, 0.3) is 0 Å². The molecular weight excluding hydrogens is 409 g/mol. The molecule has 3 aliphatic heterocycles. The van der Waals surface area contributed by atoms with E-state index in [0.717, 1.165) is 64.3 Å². The van der Waals surface area contributed by atoms with E-state index in [4.69, 9.17) is 4.74 Å². The van der Waals surface area contributed by atoms with E-state index in [1.807, 2.05) is 4.90 Å². The first-order chi connectivity index (χ1) is 14.9. The molecule has 0 unspecified atom stereocenters. The monoisotopic (exact) mass is 438 g/mol. The van der Waals surface area contributed by atoms with E-state index in [0.29, 0.717) is 24.8 Å². The molecule has 170 valence electrons. The van der Waals surface area contributed by atoms with E-state index in [2.05, 4.69) is 9.64 Å². The summed E-state index contributed by atoms with van der Waals surface area (Å²) in [5, 5.41) is 0. The summed E-state index contributed by atoms with van der Waals surface area (Å²) in [4.78, 5) is 16.9. The van der Waals surface area contributed by atoms with Gasteiger partial charge in [-0.05, 0) is 62.7 Å². The van der Waals surface area contributed by atoms with Crippen molar-refractivity contribution < 1.29 is 27.4 Å². The number of halogens is 3. The zero-order valence-electron chi connectivity index (χ0n) is 17.6. The summed E-state index contributed by atoms with van der Waals surface area (Å²) in [7, 11) is 0. The lowest BCUT2D eigenvalue weighted by atomic mass is 9.77. The highest BCUT2D eigenvalue weighted by Crippen LogP contribution is 2.48. The standard InChI is InChI=1S/C23H29F3N2O3/c24-17-1-2-19(20(9-17)31-22(25)26)15-4-7-27(8-5-15)18-3-6-23(10-18)13-28(14-23)21(29)16-11-30-12-16/h1-2,9,15-16,18,22H,3-8,10-14H2/t18-/m1/s1. The zero-order chi connectivity index (χ0) is 21.6. The van der Waals surface area contributed by atoms with Gasteiger partial charge in [-0.2, -0.15) is 8.78 Å². The van der Waals surface area contributed by atoms with Gasteiger partial charge < -0.3 is 19.3 Å². The molecular formula is C23H29F3N2O3. The molecule has 5 rings (SSSR count). The van der Waals surface area contributed by atoms with Gasteiger partial charge in [0, 0.05) is 30.6 Å². The van der Waals surface area contributed by atoms with Crippen LogP contribution in [0.3, 0.4) is 0 Å². The van der Waals surface area contributed by atoms with Gasteiger partial charge in [0.2, 0.25) is 5.91 Å². The SMILES string of the molecule is O=C(C1COC1)N1CC2(CC[C@@H](N3CCC(c4ccc(F)cc4OC(F)F)CC3)C2)C1. The van der Waals surface area contributed by atoms with Crippen LogP contribution < -0.4 is 4.74 Å². The van der Waals surface area contributed by atoms with Crippen LogP contribution in [0.1, 0.15) is 43.6 Å². The van der Waals surface area contributed by atoms with Crippen LogP contribution in [0.4, 0.5) is 13.2 Å². The van der Waals surface area contributed by atoms with Crippen molar-refractivity contribution in [1.29, 1.82) is 0 Å². The van der Waals surface area contributed by atoms with E-state index < -0.39 is 12.4 Å².